The van der Waals surface area contributed by atoms with Gasteiger partial charge < -0.3 is 10.1 Å². The smallest absolute Gasteiger partial charge is 0.273 e. The quantitative estimate of drug-likeness (QED) is 0.501. The molecule has 0 spiro atoms. The van der Waals surface area contributed by atoms with E-state index in [4.69, 9.17) is 4.74 Å². The fourth-order valence-electron chi connectivity index (χ4n) is 3.12. The molecule has 2 aromatic rings. The number of amides is 3. The third-order valence-electron chi connectivity index (χ3n) is 4.49. The Morgan fingerprint density at radius 3 is 2.37 bits per heavy atom. The van der Waals surface area contributed by atoms with Gasteiger partial charge in [-0.2, -0.15) is 0 Å². The Kier molecular flexibility index (Phi) is 3.84. The van der Waals surface area contributed by atoms with Crippen LogP contribution < -0.4 is 10.1 Å². The van der Waals surface area contributed by atoms with E-state index in [-0.39, 0.29) is 24.4 Å². The molecule has 2 aromatic carbocycles. The number of ether oxygens (including phenoxy) is 1. The summed E-state index contributed by atoms with van der Waals surface area (Å²) in [6.07, 6.45) is -0.900. The zero-order valence-corrected chi connectivity index (χ0v) is 13.9. The second-order valence-corrected chi connectivity index (χ2v) is 6.13. The maximum atomic E-state index is 12.4. The number of nitro benzene ring substituents is 1. The van der Waals surface area contributed by atoms with Crippen LogP contribution in [0.1, 0.15) is 27.1 Å². The third kappa shape index (κ3) is 2.78. The molecule has 0 unspecified atom stereocenters. The molecule has 9 heteroatoms. The summed E-state index contributed by atoms with van der Waals surface area (Å²) in [4.78, 5) is 48.3. The molecule has 0 saturated heterocycles. The summed E-state index contributed by atoms with van der Waals surface area (Å²) >= 11 is 0. The van der Waals surface area contributed by atoms with Crippen molar-refractivity contribution in [2.45, 2.75) is 12.5 Å². The van der Waals surface area contributed by atoms with Crippen LogP contribution in [0, 0.1) is 10.1 Å². The van der Waals surface area contributed by atoms with Gasteiger partial charge in [0.15, 0.2) is 11.9 Å². The molecule has 0 aliphatic carbocycles. The van der Waals surface area contributed by atoms with E-state index in [2.05, 4.69) is 5.32 Å². The SMILES string of the molecule is O=C1Nc2ccc([N+](=O)[O-])cc2O[C@H]1CCN1C(=O)c2ccccc2C1=O. The van der Waals surface area contributed by atoms with Gasteiger partial charge in [-0.3, -0.25) is 29.4 Å². The van der Waals surface area contributed by atoms with Crippen molar-refractivity contribution in [2.24, 2.45) is 0 Å². The number of benzene rings is 2. The summed E-state index contributed by atoms with van der Waals surface area (Å²) in [5.41, 5.74) is 0.835. The molecule has 0 saturated carbocycles. The molecule has 2 aliphatic rings. The maximum absolute atomic E-state index is 12.4. The predicted molar refractivity (Wildman–Crippen MR) is 92.6 cm³/mol. The maximum Gasteiger partial charge on any atom is 0.273 e. The van der Waals surface area contributed by atoms with E-state index < -0.39 is 28.7 Å². The molecule has 0 aromatic heterocycles. The molecule has 27 heavy (non-hydrogen) atoms. The number of carbonyl (C=O) groups excluding carboxylic acids is 3. The third-order valence-corrected chi connectivity index (χ3v) is 4.49. The number of carbonyl (C=O) groups is 3. The van der Waals surface area contributed by atoms with Gasteiger partial charge in [0.2, 0.25) is 0 Å². The van der Waals surface area contributed by atoms with Gasteiger partial charge in [-0.15, -0.1) is 0 Å². The van der Waals surface area contributed by atoms with Crippen molar-refractivity contribution in [1.82, 2.24) is 4.90 Å². The van der Waals surface area contributed by atoms with Crippen molar-refractivity contribution in [1.29, 1.82) is 0 Å². The minimum atomic E-state index is -0.969. The van der Waals surface area contributed by atoms with Crippen LogP contribution in [0.25, 0.3) is 0 Å². The molecule has 2 aliphatic heterocycles. The number of nitro groups is 1. The summed E-state index contributed by atoms with van der Waals surface area (Å²) in [5.74, 6) is -1.09. The number of hydrogen-bond donors (Lipinski definition) is 1. The number of fused-ring (bicyclic) bond motifs is 2. The Bertz CT molecular complexity index is 967. The van der Waals surface area contributed by atoms with Crippen LogP contribution in [0.3, 0.4) is 0 Å². The number of nitrogens with zero attached hydrogens (tertiary/aromatic N) is 2. The minimum absolute atomic E-state index is 0.00526. The van der Waals surface area contributed by atoms with Crippen LogP contribution in [0.15, 0.2) is 42.5 Å². The highest BCUT2D eigenvalue weighted by Gasteiger charge is 2.37. The van der Waals surface area contributed by atoms with E-state index in [1.165, 1.54) is 18.2 Å². The Morgan fingerprint density at radius 2 is 1.74 bits per heavy atom. The van der Waals surface area contributed by atoms with Crippen LogP contribution in [-0.4, -0.2) is 40.2 Å². The van der Waals surface area contributed by atoms with Gasteiger partial charge in [0.05, 0.1) is 27.8 Å². The largest absolute Gasteiger partial charge is 0.478 e. The first-order valence-electron chi connectivity index (χ1n) is 8.17. The van der Waals surface area contributed by atoms with E-state index in [9.17, 15) is 24.5 Å². The van der Waals surface area contributed by atoms with E-state index in [1.807, 2.05) is 0 Å². The fraction of sp³-hybridized carbons (Fsp3) is 0.167. The summed E-state index contributed by atoms with van der Waals surface area (Å²) in [5, 5.41) is 13.5. The van der Waals surface area contributed by atoms with E-state index in [0.717, 1.165) is 4.90 Å². The molecule has 136 valence electrons. The first-order valence-corrected chi connectivity index (χ1v) is 8.17. The lowest BCUT2D eigenvalue weighted by Gasteiger charge is -2.26. The predicted octanol–water partition coefficient (Wildman–Crippen LogP) is 1.98. The Morgan fingerprint density at radius 1 is 1.07 bits per heavy atom. The first-order chi connectivity index (χ1) is 13.0. The highest BCUT2D eigenvalue weighted by atomic mass is 16.6. The number of rotatable bonds is 4. The topological polar surface area (TPSA) is 119 Å². The van der Waals surface area contributed by atoms with Crippen LogP contribution in [0.2, 0.25) is 0 Å². The summed E-state index contributed by atoms with van der Waals surface area (Å²) < 4.78 is 5.58. The highest BCUT2D eigenvalue weighted by Crippen LogP contribution is 2.34. The number of hydrogen-bond acceptors (Lipinski definition) is 6. The molecule has 2 heterocycles. The molecule has 0 fully saturated rings. The van der Waals surface area contributed by atoms with Crippen LogP contribution in [0.4, 0.5) is 11.4 Å². The van der Waals surface area contributed by atoms with Crippen molar-refractivity contribution in [2.75, 3.05) is 11.9 Å². The van der Waals surface area contributed by atoms with Crippen molar-refractivity contribution >= 4 is 29.1 Å². The molecular formula is C18H13N3O6. The van der Waals surface area contributed by atoms with Gasteiger partial charge in [0.1, 0.15) is 0 Å². The van der Waals surface area contributed by atoms with Crippen molar-refractivity contribution in [3.05, 3.63) is 63.7 Å². The summed E-state index contributed by atoms with van der Waals surface area (Å²) in [7, 11) is 0. The Hall–Kier alpha value is -3.75. The number of non-ortho nitro benzene ring substituents is 1. The van der Waals surface area contributed by atoms with Crippen molar-refractivity contribution < 1.29 is 24.0 Å². The number of imide groups is 1. The second kappa shape index (κ2) is 6.20. The molecule has 0 bridgehead atoms. The van der Waals surface area contributed by atoms with E-state index in [1.54, 1.807) is 24.3 Å². The van der Waals surface area contributed by atoms with Crippen LogP contribution in [-0.2, 0) is 4.79 Å². The van der Waals surface area contributed by atoms with Crippen molar-refractivity contribution in [3.8, 4) is 5.75 Å². The van der Waals surface area contributed by atoms with Gasteiger partial charge in [0, 0.05) is 19.0 Å². The van der Waals surface area contributed by atoms with Crippen LogP contribution in [0.5, 0.6) is 5.75 Å². The normalized spacial score (nSPS) is 17.9. The molecule has 0 radical (unpaired) electrons. The molecular weight excluding hydrogens is 354 g/mol. The highest BCUT2D eigenvalue weighted by molar-refractivity contribution is 6.21. The van der Waals surface area contributed by atoms with Gasteiger partial charge in [-0.05, 0) is 18.2 Å². The zero-order chi connectivity index (χ0) is 19.1. The van der Waals surface area contributed by atoms with Gasteiger partial charge >= 0.3 is 0 Å². The van der Waals surface area contributed by atoms with Gasteiger partial charge in [-0.25, -0.2) is 0 Å². The van der Waals surface area contributed by atoms with E-state index >= 15 is 0 Å². The molecule has 4 rings (SSSR count). The summed E-state index contributed by atoms with van der Waals surface area (Å²) in [6, 6.07) is 10.4. The Labute approximate surface area is 152 Å². The first kappa shape index (κ1) is 16.7. The lowest BCUT2D eigenvalue weighted by molar-refractivity contribution is -0.384. The molecule has 9 nitrogen and oxygen atoms in total. The van der Waals surface area contributed by atoms with Gasteiger partial charge in [0.25, 0.3) is 23.4 Å². The number of nitrogens with one attached hydrogen (secondary N) is 1. The minimum Gasteiger partial charge on any atom is -0.478 e. The lowest BCUT2D eigenvalue weighted by Crippen LogP contribution is -2.41. The number of anilines is 1. The average molecular weight is 367 g/mol. The fourth-order valence-corrected chi connectivity index (χ4v) is 3.12. The molecule has 3 amide bonds. The zero-order valence-electron chi connectivity index (χ0n) is 13.9. The molecule has 1 atom stereocenters. The summed E-state index contributed by atoms with van der Waals surface area (Å²) in [6.45, 7) is -0.00526. The van der Waals surface area contributed by atoms with Gasteiger partial charge in [-0.1, -0.05) is 12.1 Å². The van der Waals surface area contributed by atoms with Crippen LogP contribution >= 0.6 is 0 Å². The average Bonchev–Trinajstić information content (AvgIpc) is 2.90. The van der Waals surface area contributed by atoms with Crippen molar-refractivity contribution in [3.63, 3.8) is 0 Å². The Balaban J connectivity index is 1.49. The lowest BCUT2D eigenvalue weighted by atomic mass is 10.1. The monoisotopic (exact) mass is 367 g/mol. The molecule has 1 N–H and O–H groups in total. The van der Waals surface area contributed by atoms with E-state index in [0.29, 0.717) is 16.8 Å². The standard InChI is InChI=1S/C18H13N3O6/c22-16-14(27-15-9-10(21(25)26)5-6-13(15)19-16)7-8-20-17(23)11-3-1-2-4-12(11)18(20)24/h1-6,9,14H,7-8H2,(H,19,22)/t14-/m0/s1. The second-order valence-electron chi connectivity index (χ2n) is 6.13.